The summed E-state index contributed by atoms with van der Waals surface area (Å²) < 4.78 is 52.9. The summed E-state index contributed by atoms with van der Waals surface area (Å²) in [6.45, 7) is 0.567. The fourth-order valence-corrected chi connectivity index (χ4v) is 3.40. The Morgan fingerprint density at radius 3 is 2.23 bits per heavy atom. The number of rotatable bonds is 5. The third kappa shape index (κ3) is 5.70. The van der Waals surface area contributed by atoms with E-state index in [1.165, 1.54) is 18.2 Å². The number of benzene rings is 3. The summed E-state index contributed by atoms with van der Waals surface area (Å²) in [6, 6.07) is 19.1. The lowest BCUT2D eigenvalue weighted by Crippen LogP contribution is -2.34. The average Bonchev–Trinajstić information content (AvgIpc) is 2.69. The summed E-state index contributed by atoms with van der Waals surface area (Å²) in [5.74, 6) is -0.365. The highest BCUT2D eigenvalue weighted by Crippen LogP contribution is 2.35. The molecule has 0 aromatic heterocycles. The molecular formula is C22H17ClF4N2S. The number of anilines is 1. The number of alkyl halides is 3. The van der Waals surface area contributed by atoms with Crippen molar-refractivity contribution >= 4 is 34.6 Å². The lowest BCUT2D eigenvalue weighted by molar-refractivity contribution is -0.137. The number of thiocarbonyl (C=S) groups is 1. The Morgan fingerprint density at radius 2 is 1.60 bits per heavy atom. The Bertz CT molecular complexity index is 1030. The van der Waals surface area contributed by atoms with Crippen molar-refractivity contribution in [3.8, 4) is 0 Å². The SMILES string of the molecule is Fc1ccccc1CN(Cc1ccccc1)C(=S)Nc1ccc(C(F)(F)F)c(Cl)c1. The Balaban J connectivity index is 1.82. The van der Waals surface area contributed by atoms with Gasteiger partial charge >= 0.3 is 6.18 Å². The van der Waals surface area contributed by atoms with Crippen LogP contribution < -0.4 is 5.32 Å². The maximum atomic E-state index is 14.2. The highest BCUT2D eigenvalue weighted by molar-refractivity contribution is 7.80. The van der Waals surface area contributed by atoms with Gasteiger partial charge in [-0.15, -0.1) is 0 Å². The van der Waals surface area contributed by atoms with E-state index in [1.54, 1.807) is 23.1 Å². The molecule has 0 aliphatic rings. The monoisotopic (exact) mass is 452 g/mol. The van der Waals surface area contributed by atoms with Gasteiger partial charge in [-0.25, -0.2) is 4.39 Å². The van der Waals surface area contributed by atoms with Crippen molar-refractivity contribution in [2.75, 3.05) is 5.32 Å². The third-order valence-corrected chi connectivity index (χ3v) is 5.02. The second kappa shape index (κ2) is 9.45. The highest BCUT2D eigenvalue weighted by Gasteiger charge is 2.33. The summed E-state index contributed by atoms with van der Waals surface area (Å²) in [4.78, 5) is 1.73. The highest BCUT2D eigenvalue weighted by atomic mass is 35.5. The predicted molar refractivity (Wildman–Crippen MR) is 115 cm³/mol. The zero-order valence-electron chi connectivity index (χ0n) is 15.6. The molecule has 3 aromatic rings. The second-order valence-corrected chi connectivity index (χ2v) is 7.35. The van der Waals surface area contributed by atoms with Gasteiger partial charge in [0.1, 0.15) is 5.82 Å². The Labute approximate surface area is 182 Å². The minimum Gasteiger partial charge on any atom is -0.340 e. The van der Waals surface area contributed by atoms with Gasteiger partial charge in [0.25, 0.3) is 0 Å². The molecule has 0 atom stereocenters. The molecule has 2 nitrogen and oxygen atoms in total. The Morgan fingerprint density at radius 1 is 0.933 bits per heavy atom. The van der Waals surface area contributed by atoms with Crippen LogP contribution in [0.1, 0.15) is 16.7 Å². The van der Waals surface area contributed by atoms with Crippen molar-refractivity contribution < 1.29 is 17.6 Å². The van der Waals surface area contributed by atoms with Crippen LogP contribution in [0.5, 0.6) is 0 Å². The summed E-state index contributed by atoms with van der Waals surface area (Å²) in [7, 11) is 0. The van der Waals surface area contributed by atoms with Crippen LogP contribution in [-0.4, -0.2) is 10.0 Å². The van der Waals surface area contributed by atoms with E-state index in [1.807, 2.05) is 30.3 Å². The van der Waals surface area contributed by atoms with E-state index in [0.717, 1.165) is 11.6 Å². The van der Waals surface area contributed by atoms with Crippen molar-refractivity contribution in [3.05, 3.63) is 100 Å². The molecule has 0 spiro atoms. The first kappa shape index (κ1) is 22.1. The Kier molecular flexibility index (Phi) is 6.95. The standard InChI is InChI=1S/C22H17ClF4N2S/c23-19-12-17(10-11-18(19)22(25,26)27)28-21(30)29(13-15-6-2-1-3-7-15)14-16-8-4-5-9-20(16)24/h1-12H,13-14H2,(H,28,30). The molecule has 0 amide bonds. The molecule has 0 fully saturated rings. The second-order valence-electron chi connectivity index (χ2n) is 6.56. The molecule has 0 heterocycles. The van der Waals surface area contributed by atoms with Crippen LogP contribution in [0.15, 0.2) is 72.8 Å². The molecule has 0 unspecified atom stereocenters. The fourth-order valence-electron chi connectivity index (χ4n) is 2.86. The number of halogens is 5. The first-order valence-corrected chi connectivity index (χ1v) is 9.72. The van der Waals surface area contributed by atoms with Gasteiger partial charge in [0.05, 0.1) is 10.6 Å². The zero-order chi connectivity index (χ0) is 21.7. The van der Waals surface area contributed by atoms with Gasteiger partial charge in [-0.1, -0.05) is 60.1 Å². The summed E-state index contributed by atoms with van der Waals surface area (Å²) in [5.41, 5.74) is 0.782. The topological polar surface area (TPSA) is 15.3 Å². The minimum atomic E-state index is -4.54. The first-order chi connectivity index (χ1) is 14.2. The molecule has 0 saturated carbocycles. The summed E-state index contributed by atoms with van der Waals surface area (Å²) in [5, 5.41) is 2.71. The molecule has 1 N–H and O–H groups in total. The lowest BCUT2D eigenvalue weighted by atomic mass is 10.1. The van der Waals surface area contributed by atoms with Gasteiger partial charge in [-0.3, -0.25) is 0 Å². The quantitative estimate of drug-likeness (QED) is 0.335. The normalized spacial score (nSPS) is 11.2. The molecule has 0 aliphatic carbocycles. The van der Waals surface area contributed by atoms with Crippen LogP contribution in [-0.2, 0) is 19.3 Å². The van der Waals surface area contributed by atoms with Gasteiger partial charge in [-0.05, 0) is 42.0 Å². The Hall–Kier alpha value is -2.64. The van der Waals surface area contributed by atoms with Gasteiger partial charge < -0.3 is 10.2 Å². The number of hydrogen-bond acceptors (Lipinski definition) is 1. The summed E-state index contributed by atoms with van der Waals surface area (Å²) >= 11 is 11.3. The van der Waals surface area contributed by atoms with Gasteiger partial charge in [0.15, 0.2) is 5.11 Å². The summed E-state index contributed by atoms with van der Waals surface area (Å²) in [6.07, 6.45) is -4.54. The molecule has 0 saturated heterocycles. The smallest absolute Gasteiger partial charge is 0.340 e. The number of nitrogens with one attached hydrogen (secondary N) is 1. The van der Waals surface area contributed by atoms with Crippen molar-refractivity contribution in [1.29, 1.82) is 0 Å². The van der Waals surface area contributed by atoms with Crippen LogP contribution in [0.25, 0.3) is 0 Å². The molecule has 8 heteroatoms. The maximum absolute atomic E-state index is 14.2. The van der Waals surface area contributed by atoms with Crippen LogP contribution in [0.2, 0.25) is 5.02 Å². The van der Waals surface area contributed by atoms with E-state index >= 15 is 0 Å². The lowest BCUT2D eigenvalue weighted by Gasteiger charge is -2.26. The van der Waals surface area contributed by atoms with Crippen molar-refractivity contribution in [1.82, 2.24) is 4.90 Å². The van der Waals surface area contributed by atoms with Crippen molar-refractivity contribution in [2.24, 2.45) is 0 Å². The van der Waals surface area contributed by atoms with E-state index in [2.05, 4.69) is 5.32 Å². The molecule has 0 bridgehead atoms. The molecule has 156 valence electrons. The molecule has 0 radical (unpaired) electrons. The van der Waals surface area contributed by atoms with Gasteiger partial charge in [0.2, 0.25) is 0 Å². The largest absolute Gasteiger partial charge is 0.417 e. The number of hydrogen-bond donors (Lipinski definition) is 1. The molecule has 3 rings (SSSR count). The fraction of sp³-hybridized carbons (Fsp3) is 0.136. The molecule has 30 heavy (non-hydrogen) atoms. The van der Waals surface area contributed by atoms with Crippen molar-refractivity contribution in [3.63, 3.8) is 0 Å². The van der Waals surface area contributed by atoms with Gasteiger partial charge in [0, 0.05) is 24.3 Å². The van der Waals surface area contributed by atoms with E-state index in [9.17, 15) is 17.6 Å². The van der Waals surface area contributed by atoms with Crippen LogP contribution >= 0.6 is 23.8 Å². The van der Waals surface area contributed by atoms with Crippen molar-refractivity contribution in [2.45, 2.75) is 19.3 Å². The first-order valence-electron chi connectivity index (χ1n) is 8.94. The molecule has 3 aromatic carbocycles. The maximum Gasteiger partial charge on any atom is 0.417 e. The van der Waals surface area contributed by atoms with Crippen LogP contribution in [0.4, 0.5) is 23.2 Å². The van der Waals surface area contributed by atoms with E-state index in [-0.39, 0.29) is 17.5 Å². The van der Waals surface area contributed by atoms with E-state index in [4.69, 9.17) is 23.8 Å². The third-order valence-electron chi connectivity index (χ3n) is 4.35. The van der Waals surface area contributed by atoms with E-state index in [0.29, 0.717) is 17.8 Å². The average molecular weight is 453 g/mol. The molecular weight excluding hydrogens is 436 g/mol. The van der Waals surface area contributed by atoms with Crippen LogP contribution in [0.3, 0.4) is 0 Å². The molecule has 0 aliphatic heterocycles. The van der Waals surface area contributed by atoms with E-state index < -0.39 is 16.8 Å². The zero-order valence-corrected chi connectivity index (χ0v) is 17.2. The minimum absolute atomic E-state index is 0.182. The predicted octanol–water partition coefficient (Wildman–Crippen LogP) is 6.90. The van der Waals surface area contributed by atoms with Gasteiger partial charge in [-0.2, -0.15) is 13.2 Å². The number of nitrogens with zero attached hydrogens (tertiary/aromatic N) is 1. The van der Waals surface area contributed by atoms with Crippen LogP contribution in [0, 0.1) is 5.82 Å².